The van der Waals surface area contributed by atoms with E-state index in [9.17, 15) is 9.59 Å². The zero-order chi connectivity index (χ0) is 14.5. The number of nitrogens with zero attached hydrogens (tertiary/aromatic N) is 1. The fourth-order valence-corrected chi connectivity index (χ4v) is 2.86. The highest BCUT2D eigenvalue weighted by Gasteiger charge is 2.32. The van der Waals surface area contributed by atoms with E-state index < -0.39 is 0 Å². The molecule has 114 valence electrons. The van der Waals surface area contributed by atoms with E-state index in [1.54, 1.807) is 4.90 Å². The van der Waals surface area contributed by atoms with E-state index in [1.165, 1.54) is 25.7 Å². The third-order valence-corrected chi connectivity index (χ3v) is 4.58. The Morgan fingerprint density at radius 3 is 2.45 bits per heavy atom. The van der Waals surface area contributed by atoms with E-state index in [0.717, 1.165) is 12.8 Å². The number of amides is 3. The molecule has 2 aliphatic carbocycles. The predicted molar refractivity (Wildman–Crippen MR) is 78.4 cm³/mol. The van der Waals surface area contributed by atoms with Crippen molar-refractivity contribution in [3.8, 4) is 0 Å². The molecule has 2 aliphatic rings. The van der Waals surface area contributed by atoms with Gasteiger partial charge in [-0.2, -0.15) is 0 Å². The van der Waals surface area contributed by atoms with Crippen LogP contribution in [0.1, 0.15) is 51.9 Å². The average Bonchev–Trinajstić information content (AvgIpc) is 3.16. The van der Waals surface area contributed by atoms with Crippen LogP contribution in [0.4, 0.5) is 4.79 Å². The SMILES string of the molecule is CC(C1CC1)N(C)C(=O)NCCC(=O)NC1CCCC1. The standard InChI is InChI=1S/C15H27N3O2/c1-11(12-7-8-12)18(2)15(20)16-10-9-14(19)17-13-5-3-4-6-13/h11-13H,3-10H2,1-2H3,(H,16,20)(H,17,19). The number of hydrogen-bond donors (Lipinski definition) is 2. The fourth-order valence-electron chi connectivity index (χ4n) is 2.86. The minimum atomic E-state index is -0.0712. The van der Waals surface area contributed by atoms with Crippen LogP contribution < -0.4 is 10.6 Å². The first-order valence-electron chi connectivity index (χ1n) is 7.88. The van der Waals surface area contributed by atoms with E-state index in [0.29, 0.717) is 31.0 Å². The summed E-state index contributed by atoms with van der Waals surface area (Å²) in [4.78, 5) is 25.4. The Hall–Kier alpha value is -1.26. The van der Waals surface area contributed by atoms with Crippen LogP contribution in [0.25, 0.3) is 0 Å². The molecule has 1 unspecified atom stereocenters. The summed E-state index contributed by atoms with van der Waals surface area (Å²) in [7, 11) is 1.83. The molecule has 0 spiro atoms. The molecule has 20 heavy (non-hydrogen) atoms. The minimum Gasteiger partial charge on any atom is -0.353 e. The van der Waals surface area contributed by atoms with Crippen molar-refractivity contribution in [2.45, 2.75) is 64.0 Å². The van der Waals surface area contributed by atoms with Crippen molar-refractivity contribution in [1.82, 2.24) is 15.5 Å². The second kappa shape index (κ2) is 6.95. The summed E-state index contributed by atoms with van der Waals surface area (Å²) < 4.78 is 0. The maximum absolute atomic E-state index is 11.9. The summed E-state index contributed by atoms with van der Waals surface area (Å²) in [5.74, 6) is 0.714. The molecule has 0 bridgehead atoms. The highest BCUT2D eigenvalue weighted by atomic mass is 16.2. The summed E-state index contributed by atoms with van der Waals surface area (Å²) in [6, 6.07) is 0.580. The molecule has 0 aromatic rings. The Bertz CT molecular complexity index is 349. The van der Waals surface area contributed by atoms with Crippen molar-refractivity contribution < 1.29 is 9.59 Å². The summed E-state index contributed by atoms with van der Waals surface area (Å²) >= 11 is 0. The molecule has 0 radical (unpaired) electrons. The van der Waals surface area contributed by atoms with E-state index in [-0.39, 0.29) is 11.9 Å². The number of carbonyl (C=O) groups excluding carboxylic acids is 2. The number of nitrogens with one attached hydrogen (secondary N) is 2. The van der Waals surface area contributed by atoms with Crippen molar-refractivity contribution in [3.05, 3.63) is 0 Å². The summed E-state index contributed by atoms with van der Waals surface area (Å²) in [5.41, 5.74) is 0. The van der Waals surface area contributed by atoms with E-state index in [1.807, 2.05) is 7.05 Å². The fraction of sp³-hybridized carbons (Fsp3) is 0.867. The van der Waals surface area contributed by atoms with Crippen LogP contribution in [0.5, 0.6) is 0 Å². The molecule has 2 rings (SSSR count). The van der Waals surface area contributed by atoms with Gasteiger partial charge in [0.1, 0.15) is 0 Å². The van der Waals surface area contributed by atoms with Crippen LogP contribution >= 0.6 is 0 Å². The molecular formula is C15H27N3O2. The van der Waals surface area contributed by atoms with Gasteiger partial charge >= 0.3 is 6.03 Å². The van der Waals surface area contributed by atoms with Crippen molar-refractivity contribution in [1.29, 1.82) is 0 Å². The van der Waals surface area contributed by atoms with Gasteiger partial charge in [-0.3, -0.25) is 4.79 Å². The molecule has 0 aromatic heterocycles. The van der Waals surface area contributed by atoms with Crippen LogP contribution in [0, 0.1) is 5.92 Å². The van der Waals surface area contributed by atoms with Gasteiger partial charge in [0, 0.05) is 32.1 Å². The first-order valence-corrected chi connectivity index (χ1v) is 7.88. The summed E-state index contributed by atoms with van der Waals surface area (Å²) in [6.07, 6.45) is 7.44. The van der Waals surface area contributed by atoms with E-state index >= 15 is 0 Å². The average molecular weight is 281 g/mol. The lowest BCUT2D eigenvalue weighted by molar-refractivity contribution is -0.121. The summed E-state index contributed by atoms with van der Waals surface area (Å²) in [6.45, 7) is 2.50. The van der Waals surface area contributed by atoms with Crippen LogP contribution in [0.3, 0.4) is 0 Å². The lowest BCUT2D eigenvalue weighted by Crippen LogP contribution is -2.44. The Morgan fingerprint density at radius 2 is 1.85 bits per heavy atom. The lowest BCUT2D eigenvalue weighted by atomic mass is 10.2. The number of carbonyl (C=O) groups is 2. The predicted octanol–water partition coefficient (Wildman–Crippen LogP) is 1.88. The third-order valence-electron chi connectivity index (χ3n) is 4.58. The number of urea groups is 1. The molecule has 2 N–H and O–H groups in total. The Morgan fingerprint density at radius 1 is 1.20 bits per heavy atom. The van der Waals surface area contributed by atoms with Gasteiger partial charge in [-0.1, -0.05) is 12.8 Å². The number of rotatable bonds is 6. The van der Waals surface area contributed by atoms with Gasteiger partial charge < -0.3 is 15.5 Å². The first-order chi connectivity index (χ1) is 9.58. The van der Waals surface area contributed by atoms with Gasteiger partial charge in [-0.25, -0.2) is 4.79 Å². The maximum Gasteiger partial charge on any atom is 0.317 e. The van der Waals surface area contributed by atoms with Crippen molar-refractivity contribution in [3.63, 3.8) is 0 Å². The van der Waals surface area contributed by atoms with Crippen molar-refractivity contribution in [2.24, 2.45) is 5.92 Å². The highest BCUT2D eigenvalue weighted by Crippen LogP contribution is 2.34. The molecule has 0 aliphatic heterocycles. The first kappa shape index (κ1) is 15.1. The minimum absolute atomic E-state index is 0.0510. The molecule has 0 saturated heterocycles. The largest absolute Gasteiger partial charge is 0.353 e. The van der Waals surface area contributed by atoms with Crippen LogP contribution in [0.2, 0.25) is 0 Å². The second-order valence-electron chi connectivity index (χ2n) is 6.22. The van der Waals surface area contributed by atoms with Crippen LogP contribution in [-0.4, -0.2) is 42.5 Å². The molecule has 2 saturated carbocycles. The molecule has 5 nitrogen and oxygen atoms in total. The molecule has 5 heteroatoms. The van der Waals surface area contributed by atoms with Gasteiger partial charge in [-0.15, -0.1) is 0 Å². The van der Waals surface area contributed by atoms with E-state index in [2.05, 4.69) is 17.6 Å². The zero-order valence-electron chi connectivity index (χ0n) is 12.7. The van der Waals surface area contributed by atoms with Gasteiger partial charge in [-0.05, 0) is 38.5 Å². The quantitative estimate of drug-likeness (QED) is 0.781. The third kappa shape index (κ3) is 4.39. The highest BCUT2D eigenvalue weighted by molar-refractivity contribution is 5.78. The van der Waals surface area contributed by atoms with Crippen LogP contribution in [0.15, 0.2) is 0 Å². The van der Waals surface area contributed by atoms with Crippen molar-refractivity contribution in [2.75, 3.05) is 13.6 Å². The molecule has 3 amide bonds. The van der Waals surface area contributed by atoms with Gasteiger partial charge in [0.05, 0.1) is 0 Å². The smallest absolute Gasteiger partial charge is 0.317 e. The van der Waals surface area contributed by atoms with E-state index in [4.69, 9.17) is 0 Å². The monoisotopic (exact) mass is 281 g/mol. The second-order valence-corrected chi connectivity index (χ2v) is 6.22. The van der Waals surface area contributed by atoms with Gasteiger partial charge in [0.2, 0.25) is 5.91 Å². The van der Waals surface area contributed by atoms with Gasteiger partial charge in [0.25, 0.3) is 0 Å². The Balaban J connectivity index is 1.59. The maximum atomic E-state index is 11.9. The summed E-state index contributed by atoms with van der Waals surface area (Å²) in [5, 5.41) is 5.86. The van der Waals surface area contributed by atoms with Gasteiger partial charge in [0.15, 0.2) is 0 Å². The van der Waals surface area contributed by atoms with Crippen molar-refractivity contribution >= 4 is 11.9 Å². The molecule has 1 atom stereocenters. The lowest BCUT2D eigenvalue weighted by Gasteiger charge is -2.25. The van der Waals surface area contributed by atoms with Crippen LogP contribution in [-0.2, 0) is 4.79 Å². The molecular weight excluding hydrogens is 254 g/mol. The molecule has 0 aromatic carbocycles. The Kier molecular flexibility index (Phi) is 5.26. The number of hydrogen-bond acceptors (Lipinski definition) is 2. The normalized spacial score (nSPS) is 20.5. The Labute approximate surface area is 121 Å². The molecule has 0 heterocycles. The topological polar surface area (TPSA) is 61.4 Å². The zero-order valence-corrected chi connectivity index (χ0v) is 12.7. The molecule has 2 fully saturated rings.